The summed E-state index contributed by atoms with van der Waals surface area (Å²) in [5.74, 6) is 2.23. The van der Waals surface area contributed by atoms with Crippen LogP contribution in [-0.2, 0) is 13.2 Å². The van der Waals surface area contributed by atoms with Crippen LogP contribution in [0.3, 0.4) is 0 Å². The first kappa shape index (κ1) is 21.5. The molecule has 0 saturated heterocycles. The lowest BCUT2D eigenvalue weighted by Gasteiger charge is -2.06. The van der Waals surface area contributed by atoms with Crippen LogP contribution in [0.15, 0.2) is 77.3 Å². The van der Waals surface area contributed by atoms with E-state index >= 15 is 0 Å². The van der Waals surface area contributed by atoms with Crippen molar-refractivity contribution in [3.8, 4) is 11.5 Å². The summed E-state index contributed by atoms with van der Waals surface area (Å²) in [7, 11) is 0. The quantitative estimate of drug-likeness (QED) is 0.368. The molecule has 0 saturated carbocycles. The molecule has 7 nitrogen and oxygen atoms in total. The van der Waals surface area contributed by atoms with Gasteiger partial charge in [0, 0.05) is 17.3 Å². The predicted octanol–water partition coefficient (Wildman–Crippen LogP) is 5.41. The summed E-state index contributed by atoms with van der Waals surface area (Å²) in [5, 5.41) is 7.77. The molecule has 0 atom stereocenters. The molecule has 2 aromatic carbocycles. The van der Waals surface area contributed by atoms with Gasteiger partial charge in [-0.25, -0.2) is 0 Å². The monoisotopic (exact) mass is 451 g/mol. The number of halogens is 1. The Morgan fingerprint density at radius 1 is 1.06 bits per heavy atom. The van der Waals surface area contributed by atoms with E-state index < -0.39 is 0 Å². The first-order valence-corrected chi connectivity index (χ1v) is 10.5. The Hall–Kier alpha value is -3.71. The highest BCUT2D eigenvalue weighted by molar-refractivity contribution is 6.30. The lowest BCUT2D eigenvalue weighted by Crippen LogP contribution is -2.12. The molecule has 0 aliphatic heterocycles. The maximum atomic E-state index is 12.5. The predicted molar refractivity (Wildman–Crippen MR) is 121 cm³/mol. The van der Waals surface area contributed by atoms with E-state index in [2.05, 4.69) is 10.4 Å². The third kappa shape index (κ3) is 5.70. The molecular weight excluding hydrogens is 430 g/mol. The van der Waals surface area contributed by atoms with Crippen molar-refractivity contribution in [1.29, 1.82) is 0 Å². The van der Waals surface area contributed by atoms with Crippen molar-refractivity contribution in [3.05, 3.63) is 95.0 Å². The van der Waals surface area contributed by atoms with E-state index in [1.165, 1.54) is 0 Å². The molecule has 4 rings (SSSR count). The standard InChI is InChI=1S/C24H22ClN3O4/c1-2-30-19-6-8-20(9-7-19)31-16-21-10-11-22(32-21)24(29)26-23-12-13-28(27-23)15-17-4-3-5-18(25)14-17/h3-14H,2,15-16H2,1H3,(H,26,27,29). The number of benzene rings is 2. The van der Waals surface area contributed by atoms with Gasteiger partial charge in [-0.1, -0.05) is 23.7 Å². The van der Waals surface area contributed by atoms with Gasteiger partial charge < -0.3 is 19.2 Å². The molecular formula is C24H22ClN3O4. The van der Waals surface area contributed by atoms with E-state index in [1.54, 1.807) is 29.1 Å². The molecule has 32 heavy (non-hydrogen) atoms. The Bertz CT molecular complexity index is 1180. The molecule has 0 radical (unpaired) electrons. The third-order valence-electron chi connectivity index (χ3n) is 4.52. The highest BCUT2D eigenvalue weighted by Crippen LogP contribution is 2.20. The Morgan fingerprint density at radius 2 is 1.84 bits per heavy atom. The van der Waals surface area contributed by atoms with E-state index in [4.69, 9.17) is 25.5 Å². The second-order valence-corrected chi connectivity index (χ2v) is 7.38. The van der Waals surface area contributed by atoms with Crippen molar-refractivity contribution in [2.75, 3.05) is 11.9 Å². The van der Waals surface area contributed by atoms with Gasteiger partial charge in [-0.3, -0.25) is 9.48 Å². The number of amides is 1. The van der Waals surface area contributed by atoms with E-state index in [1.807, 2.05) is 55.5 Å². The van der Waals surface area contributed by atoms with Crippen molar-refractivity contribution in [1.82, 2.24) is 9.78 Å². The zero-order valence-electron chi connectivity index (χ0n) is 17.5. The summed E-state index contributed by atoms with van der Waals surface area (Å²) in [6.45, 7) is 3.29. The van der Waals surface area contributed by atoms with E-state index in [9.17, 15) is 4.79 Å². The van der Waals surface area contributed by atoms with Gasteiger partial charge in [0.05, 0.1) is 13.2 Å². The number of furan rings is 1. The number of hydrogen-bond acceptors (Lipinski definition) is 5. The molecule has 4 aromatic rings. The van der Waals surface area contributed by atoms with Crippen LogP contribution in [-0.4, -0.2) is 22.3 Å². The number of rotatable bonds is 9. The smallest absolute Gasteiger partial charge is 0.292 e. The number of hydrogen-bond donors (Lipinski definition) is 1. The van der Waals surface area contributed by atoms with Crippen molar-refractivity contribution >= 4 is 23.3 Å². The van der Waals surface area contributed by atoms with Crippen LogP contribution in [0.1, 0.15) is 28.8 Å². The van der Waals surface area contributed by atoms with Gasteiger partial charge in [-0.15, -0.1) is 0 Å². The molecule has 1 amide bonds. The maximum Gasteiger partial charge on any atom is 0.292 e. The minimum atomic E-state index is -0.384. The lowest BCUT2D eigenvalue weighted by molar-refractivity contribution is 0.0992. The highest BCUT2D eigenvalue weighted by atomic mass is 35.5. The number of carbonyl (C=O) groups excluding carboxylic acids is 1. The minimum absolute atomic E-state index is 0.180. The topological polar surface area (TPSA) is 78.5 Å². The molecule has 164 valence electrons. The van der Waals surface area contributed by atoms with Crippen molar-refractivity contribution < 1.29 is 18.7 Å². The average molecular weight is 452 g/mol. The minimum Gasteiger partial charge on any atom is -0.494 e. The first-order valence-electron chi connectivity index (χ1n) is 10.1. The van der Waals surface area contributed by atoms with Crippen molar-refractivity contribution in [2.45, 2.75) is 20.1 Å². The number of anilines is 1. The molecule has 0 aliphatic rings. The lowest BCUT2D eigenvalue weighted by atomic mass is 10.2. The summed E-state index contributed by atoms with van der Waals surface area (Å²) in [4.78, 5) is 12.5. The molecule has 2 aromatic heterocycles. The van der Waals surface area contributed by atoms with Crippen LogP contribution in [0.5, 0.6) is 11.5 Å². The van der Waals surface area contributed by atoms with Gasteiger partial charge in [-0.2, -0.15) is 5.10 Å². The molecule has 0 fully saturated rings. The Labute approximate surface area is 190 Å². The maximum absolute atomic E-state index is 12.5. The fourth-order valence-corrected chi connectivity index (χ4v) is 3.26. The van der Waals surface area contributed by atoms with Crippen LogP contribution in [0.2, 0.25) is 5.02 Å². The summed E-state index contributed by atoms with van der Waals surface area (Å²) in [5.41, 5.74) is 1.02. The Morgan fingerprint density at radius 3 is 2.59 bits per heavy atom. The number of carbonyl (C=O) groups is 1. The molecule has 1 N–H and O–H groups in total. The number of aromatic nitrogens is 2. The van der Waals surface area contributed by atoms with Gasteiger partial charge in [0.1, 0.15) is 23.9 Å². The normalized spacial score (nSPS) is 10.7. The van der Waals surface area contributed by atoms with Crippen molar-refractivity contribution in [3.63, 3.8) is 0 Å². The van der Waals surface area contributed by atoms with Crippen LogP contribution in [0.4, 0.5) is 5.82 Å². The third-order valence-corrected chi connectivity index (χ3v) is 4.75. The zero-order valence-corrected chi connectivity index (χ0v) is 18.2. The summed E-state index contributed by atoms with van der Waals surface area (Å²) < 4.78 is 18.4. The highest BCUT2D eigenvalue weighted by Gasteiger charge is 2.13. The molecule has 0 unspecified atom stereocenters. The second kappa shape index (κ2) is 10.1. The van der Waals surface area contributed by atoms with Gasteiger partial charge in [-0.05, 0) is 61.0 Å². The van der Waals surface area contributed by atoms with Gasteiger partial charge in [0.25, 0.3) is 5.91 Å². The first-order chi connectivity index (χ1) is 15.6. The Balaban J connectivity index is 1.30. The van der Waals surface area contributed by atoms with E-state index in [0.29, 0.717) is 35.5 Å². The van der Waals surface area contributed by atoms with Crippen LogP contribution >= 0.6 is 11.6 Å². The van der Waals surface area contributed by atoms with Crippen LogP contribution < -0.4 is 14.8 Å². The largest absolute Gasteiger partial charge is 0.494 e. The summed E-state index contributed by atoms with van der Waals surface area (Å²) in [6.07, 6.45) is 1.79. The van der Waals surface area contributed by atoms with Gasteiger partial charge in [0.2, 0.25) is 0 Å². The molecule has 0 aliphatic carbocycles. The molecule has 8 heteroatoms. The molecule has 2 heterocycles. The number of nitrogens with zero attached hydrogens (tertiary/aromatic N) is 2. The summed E-state index contributed by atoms with van der Waals surface area (Å²) >= 11 is 6.02. The summed E-state index contributed by atoms with van der Waals surface area (Å²) in [6, 6.07) is 19.9. The fourth-order valence-electron chi connectivity index (χ4n) is 3.05. The van der Waals surface area contributed by atoms with Gasteiger partial charge in [0.15, 0.2) is 11.6 Å². The van der Waals surface area contributed by atoms with E-state index in [-0.39, 0.29) is 18.3 Å². The van der Waals surface area contributed by atoms with Crippen LogP contribution in [0.25, 0.3) is 0 Å². The number of ether oxygens (including phenoxy) is 2. The Kier molecular flexibility index (Phi) is 6.77. The fraction of sp³-hybridized carbons (Fsp3) is 0.167. The second-order valence-electron chi connectivity index (χ2n) is 6.94. The van der Waals surface area contributed by atoms with E-state index in [0.717, 1.165) is 11.3 Å². The van der Waals surface area contributed by atoms with Crippen molar-refractivity contribution in [2.24, 2.45) is 0 Å². The van der Waals surface area contributed by atoms with Gasteiger partial charge >= 0.3 is 0 Å². The SMILES string of the molecule is CCOc1ccc(OCc2ccc(C(=O)Nc3ccn(Cc4cccc(Cl)c4)n3)o2)cc1. The van der Waals surface area contributed by atoms with Crippen LogP contribution in [0, 0.1) is 0 Å². The molecule has 0 spiro atoms. The average Bonchev–Trinajstić information content (AvgIpc) is 3.43. The zero-order chi connectivity index (χ0) is 22.3. The number of nitrogens with one attached hydrogen (secondary N) is 1. The molecule has 0 bridgehead atoms.